The fraction of sp³-hybridized carbons (Fsp3) is 0.207. The molecule has 39 heavy (non-hydrogen) atoms. The maximum Gasteiger partial charge on any atom is 0.433 e. The molecule has 10 heteroatoms. The predicted molar refractivity (Wildman–Crippen MR) is 139 cm³/mol. The lowest BCUT2D eigenvalue weighted by Gasteiger charge is -2.34. The summed E-state index contributed by atoms with van der Waals surface area (Å²) in [5, 5.41) is 5.87. The van der Waals surface area contributed by atoms with E-state index in [1.807, 2.05) is 36.4 Å². The standard InChI is InChI=1S/C29H23F4N5O/c30-23-7-3-4-19(14-23)18-36-10-12-37(13-11-36)28(39)25-17-27-34-24(16-26(29(31,32)33)38(27)35-25)22-9-8-20-5-1-2-6-21(20)15-22/h1-9,14-17H,10-13,18H2. The first kappa shape index (κ1) is 25.0. The van der Waals surface area contributed by atoms with Crippen LogP contribution in [-0.4, -0.2) is 56.5 Å². The molecule has 0 aliphatic carbocycles. The molecule has 0 atom stereocenters. The Kier molecular flexibility index (Phi) is 6.26. The number of aromatic nitrogens is 3. The SMILES string of the molecule is O=C(c1cc2nc(-c3ccc4ccccc4c3)cc(C(F)(F)F)n2n1)N1CCN(Cc2cccc(F)c2)CC1. The molecule has 1 aliphatic heterocycles. The molecular weight excluding hydrogens is 510 g/mol. The predicted octanol–water partition coefficient (Wildman–Crippen LogP) is 5.67. The van der Waals surface area contributed by atoms with Crippen molar-refractivity contribution in [2.75, 3.05) is 26.2 Å². The molecule has 0 unspecified atom stereocenters. The van der Waals surface area contributed by atoms with E-state index in [2.05, 4.69) is 15.0 Å². The number of hydrogen-bond acceptors (Lipinski definition) is 4. The number of hydrogen-bond donors (Lipinski definition) is 0. The highest BCUT2D eigenvalue weighted by Crippen LogP contribution is 2.33. The van der Waals surface area contributed by atoms with Gasteiger partial charge in [-0.25, -0.2) is 13.9 Å². The average molecular weight is 534 g/mol. The van der Waals surface area contributed by atoms with Crippen LogP contribution >= 0.6 is 0 Å². The summed E-state index contributed by atoms with van der Waals surface area (Å²) in [6.07, 6.45) is -4.71. The third-order valence-corrected chi connectivity index (χ3v) is 6.94. The second-order valence-electron chi connectivity index (χ2n) is 9.58. The molecule has 3 aromatic carbocycles. The molecule has 0 bridgehead atoms. The van der Waals surface area contributed by atoms with Crippen LogP contribution in [0.3, 0.4) is 0 Å². The lowest BCUT2D eigenvalue weighted by atomic mass is 10.0. The first-order chi connectivity index (χ1) is 18.7. The number of fused-ring (bicyclic) bond motifs is 2. The Hall–Kier alpha value is -4.31. The third-order valence-electron chi connectivity index (χ3n) is 6.94. The van der Waals surface area contributed by atoms with Crippen LogP contribution in [-0.2, 0) is 12.7 Å². The van der Waals surface area contributed by atoms with Gasteiger partial charge >= 0.3 is 6.18 Å². The maximum absolute atomic E-state index is 14.1. The number of benzene rings is 3. The molecule has 6 nitrogen and oxygen atoms in total. The minimum Gasteiger partial charge on any atom is -0.335 e. The molecule has 1 amide bonds. The Bertz CT molecular complexity index is 1690. The van der Waals surface area contributed by atoms with Crippen LogP contribution in [0.5, 0.6) is 0 Å². The number of carbonyl (C=O) groups is 1. The number of nitrogens with zero attached hydrogens (tertiary/aromatic N) is 5. The molecular formula is C29H23F4N5O. The van der Waals surface area contributed by atoms with Crippen molar-refractivity contribution in [3.05, 3.63) is 102 Å². The van der Waals surface area contributed by atoms with Crippen molar-refractivity contribution in [1.82, 2.24) is 24.4 Å². The van der Waals surface area contributed by atoms with Crippen LogP contribution in [0.2, 0.25) is 0 Å². The lowest BCUT2D eigenvalue weighted by Crippen LogP contribution is -2.48. The highest BCUT2D eigenvalue weighted by molar-refractivity contribution is 5.93. The molecule has 1 saturated heterocycles. The summed E-state index contributed by atoms with van der Waals surface area (Å²) in [5.74, 6) is -0.755. The lowest BCUT2D eigenvalue weighted by molar-refractivity contribution is -0.142. The Labute approximate surface area is 221 Å². The zero-order valence-electron chi connectivity index (χ0n) is 20.7. The fourth-order valence-electron chi connectivity index (χ4n) is 4.94. The van der Waals surface area contributed by atoms with Gasteiger partial charge in [0.15, 0.2) is 17.0 Å². The van der Waals surface area contributed by atoms with Crippen molar-refractivity contribution in [2.24, 2.45) is 0 Å². The highest BCUT2D eigenvalue weighted by atomic mass is 19.4. The van der Waals surface area contributed by atoms with Gasteiger partial charge in [-0.1, -0.05) is 48.5 Å². The summed E-state index contributed by atoms with van der Waals surface area (Å²) in [5.41, 5.74) is 0.358. The van der Waals surface area contributed by atoms with E-state index in [0.29, 0.717) is 42.8 Å². The number of piperazine rings is 1. The first-order valence-corrected chi connectivity index (χ1v) is 12.5. The van der Waals surface area contributed by atoms with Crippen LogP contribution in [0.15, 0.2) is 78.9 Å². The van der Waals surface area contributed by atoms with Gasteiger partial charge in [0.05, 0.1) is 5.69 Å². The molecule has 0 N–H and O–H groups in total. The Morgan fingerprint density at radius 2 is 1.62 bits per heavy atom. The second-order valence-corrected chi connectivity index (χ2v) is 9.58. The van der Waals surface area contributed by atoms with Crippen molar-refractivity contribution >= 4 is 22.3 Å². The van der Waals surface area contributed by atoms with E-state index in [-0.39, 0.29) is 22.9 Å². The Morgan fingerprint density at radius 3 is 2.36 bits per heavy atom. The summed E-state index contributed by atoms with van der Waals surface area (Å²) < 4.78 is 56.4. The van der Waals surface area contributed by atoms with E-state index in [9.17, 15) is 22.4 Å². The Balaban J connectivity index is 1.26. The van der Waals surface area contributed by atoms with E-state index >= 15 is 0 Å². The van der Waals surface area contributed by atoms with Crippen molar-refractivity contribution in [3.8, 4) is 11.3 Å². The van der Waals surface area contributed by atoms with E-state index in [1.165, 1.54) is 18.2 Å². The molecule has 0 spiro atoms. The number of amides is 1. The van der Waals surface area contributed by atoms with E-state index < -0.39 is 17.8 Å². The van der Waals surface area contributed by atoms with E-state index in [0.717, 1.165) is 22.4 Å². The fourth-order valence-corrected chi connectivity index (χ4v) is 4.94. The number of rotatable bonds is 4. The molecule has 1 aliphatic rings. The zero-order chi connectivity index (χ0) is 27.1. The highest BCUT2D eigenvalue weighted by Gasteiger charge is 2.36. The largest absolute Gasteiger partial charge is 0.433 e. The van der Waals surface area contributed by atoms with Crippen LogP contribution in [0, 0.1) is 5.82 Å². The number of halogens is 4. The van der Waals surface area contributed by atoms with Gasteiger partial charge in [-0.3, -0.25) is 9.69 Å². The quantitative estimate of drug-likeness (QED) is 0.280. The Morgan fingerprint density at radius 1 is 0.846 bits per heavy atom. The van der Waals surface area contributed by atoms with Crippen LogP contribution in [0.1, 0.15) is 21.7 Å². The summed E-state index contributed by atoms with van der Waals surface area (Å²) in [7, 11) is 0. The summed E-state index contributed by atoms with van der Waals surface area (Å²) in [4.78, 5) is 21.3. The van der Waals surface area contributed by atoms with Crippen LogP contribution in [0.4, 0.5) is 17.6 Å². The van der Waals surface area contributed by atoms with E-state index in [4.69, 9.17) is 0 Å². The van der Waals surface area contributed by atoms with Crippen molar-refractivity contribution in [1.29, 1.82) is 0 Å². The third kappa shape index (κ3) is 5.07. The summed E-state index contributed by atoms with van der Waals surface area (Å²) in [6.45, 7) is 2.40. The number of alkyl halides is 3. The van der Waals surface area contributed by atoms with Gasteiger partial charge in [0, 0.05) is 44.4 Å². The van der Waals surface area contributed by atoms with Gasteiger partial charge < -0.3 is 4.90 Å². The molecule has 3 heterocycles. The van der Waals surface area contributed by atoms with Gasteiger partial charge in [-0.2, -0.15) is 18.3 Å². The second kappa shape index (κ2) is 9.77. The van der Waals surface area contributed by atoms with Crippen molar-refractivity contribution in [2.45, 2.75) is 12.7 Å². The average Bonchev–Trinajstić information content (AvgIpc) is 3.36. The zero-order valence-corrected chi connectivity index (χ0v) is 20.7. The first-order valence-electron chi connectivity index (χ1n) is 12.5. The molecule has 0 radical (unpaired) electrons. The van der Waals surface area contributed by atoms with Gasteiger partial charge in [0.25, 0.3) is 5.91 Å². The van der Waals surface area contributed by atoms with Gasteiger partial charge in [0.2, 0.25) is 0 Å². The van der Waals surface area contributed by atoms with Crippen LogP contribution in [0.25, 0.3) is 27.7 Å². The van der Waals surface area contributed by atoms with Gasteiger partial charge in [-0.15, -0.1) is 0 Å². The normalized spacial score (nSPS) is 14.8. The summed E-state index contributed by atoms with van der Waals surface area (Å²) in [6, 6.07) is 21.5. The molecule has 6 rings (SSSR count). The molecule has 198 valence electrons. The topological polar surface area (TPSA) is 53.7 Å². The van der Waals surface area contributed by atoms with Crippen molar-refractivity contribution in [3.63, 3.8) is 0 Å². The minimum absolute atomic E-state index is 0.0546. The molecule has 1 fully saturated rings. The number of carbonyl (C=O) groups excluding carboxylic acids is 1. The molecule has 2 aromatic heterocycles. The van der Waals surface area contributed by atoms with Gasteiger partial charge in [0.1, 0.15) is 5.82 Å². The smallest absolute Gasteiger partial charge is 0.335 e. The maximum atomic E-state index is 14.1. The van der Waals surface area contributed by atoms with E-state index in [1.54, 1.807) is 23.1 Å². The minimum atomic E-state index is -4.71. The molecule has 0 saturated carbocycles. The van der Waals surface area contributed by atoms with Crippen LogP contribution < -0.4 is 0 Å². The molecule has 5 aromatic rings. The monoisotopic (exact) mass is 533 g/mol. The van der Waals surface area contributed by atoms with Gasteiger partial charge in [-0.05, 0) is 40.6 Å². The summed E-state index contributed by atoms with van der Waals surface area (Å²) >= 11 is 0. The van der Waals surface area contributed by atoms with Crippen molar-refractivity contribution < 1.29 is 22.4 Å².